The number of hydrogen-bond acceptors (Lipinski definition) is 2. The smallest absolute Gasteiger partial charge is 0.0730 e. The van der Waals surface area contributed by atoms with Crippen molar-refractivity contribution in [1.29, 1.82) is 0 Å². The molecule has 104 valence electrons. The van der Waals surface area contributed by atoms with Crippen molar-refractivity contribution >= 4 is 0 Å². The van der Waals surface area contributed by atoms with Crippen molar-refractivity contribution in [2.24, 2.45) is 5.73 Å². The van der Waals surface area contributed by atoms with Gasteiger partial charge in [-0.3, -0.25) is 0 Å². The Bertz CT molecular complexity index is 429. The predicted molar refractivity (Wildman–Crippen MR) is 78.1 cm³/mol. The summed E-state index contributed by atoms with van der Waals surface area (Å²) >= 11 is 0. The van der Waals surface area contributed by atoms with Gasteiger partial charge in [0.15, 0.2) is 0 Å². The summed E-state index contributed by atoms with van der Waals surface area (Å²) in [6, 6.07) is 7.09. The maximum atomic E-state index is 6.21. The van der Waals surface area contributed by atoms with E-state index in [0.717, 1.165) is 19.4 Å². The molecule has 1 aromatic rings. The SMILES string of the molecule is NC1CCCCCC1OCc1ccc2c(c1)CCC2. The molecule has 2 aliphatic rings. The normalized spacial score (nSPS) is 27.0. The van der Waals surface area contributed by atoms with Crippen molar-refractivity contribution in [3.05, 3.63) is 34.9 Å². The predicted octanol–water partition coefficient (Wildman–Crippen LogP) is 3.35. The molecule has 0 spiro atoms. The molecule has 0 aliphatic heterocycles. The highest BCUT2D eigenvalue weighted by molar-refractivity contribution is 5.35. The Morgan fingerprint density at radius 3 is 2.79 bits per heavy atom. The molecule has 2 nitrogen and oxygen atoms in total. The number of nitrogens with two attached hydrogens (primary N) is 1. The molecule has 2 N–H and O–H groups in total. The standard InChI is InChI=1S/C17H25NO/c18-16-7-2-1-3-8-17(16)19-12-13-9-10-14-5-4-6-15(14)11-13/h9-11,16-17H,1-8,12,18H2. The van der Waals surface area contributed by atoms with Crippen LogP contribution in [-0.4, -0.2) is 12.1 Å². The Morgan fingerprint density at radius 1 is 1.00 bits per heavy atom. The quantitative estimate of drug-likeness (QED) is 0.845. The fraction of sp³-hybridized carbons (Fsp3) is 0.647. The minimum absolute atomic E-state index is 0.233. The third-order valence-corrected chi connectivity index (χ3v) is 4.63. The fourth-order valence-electron chi connectivity index (χ4n) is 3.43. The Kier molecular flexibility index (Phi) is 4.19. The van der Waals surface area contributed by atoms with Gasteiger partial charge >= 0.3 is 0 Å². The molecule has 0 saturated heterocycles. The lowest BCUT2D eigenvalue weighted by molar-refractivity contribution is 0.0194. The van der Waals surface area contributed by atoms with E-state index in [0.29, 0.717) is 0 Å². The van der Waals surface area contributed by atoms with Crippen LogP contribution in [0.25, 0.3) is 0 Å². The van der Waals surface area contributed by atoms with Gasteiger partial charge in [0.05, 0.1) is 12.7 Å². The van der Waals surface area contributed by atoms with Crippen LogP contribution in [0.15, 0.2) is 18.2 Å². The number of fused-ring (bicyclic) bond motifs is 1. The molecule has 2 atom stereocenters. The lowest BCUT2D eigenvalue weighted by Gasteiger charge is -2.22. The molecule has 0 radical (unpaired) electrons. The number of ether oxygens (including phenoxy) is 1. The third kappa shape index (κ3) is 3.18. The van der Waals surface area contributed by atoms with Crippen LogP contribution >= 0.6 is 0 Å². The largest absolute Gasteiger partial charge is 0.372 e. The Labute approximate surface area is 116 Å². The monoisotopic (exact) mass is 259 g/mol. The van der Waals surface area contributed by atoms with Crippen molar-refractivity contribution in [3.8, 4) is 0 Å². The molecule has 0 bridgehead atoms. The van der Waals surface area contributed by atoms with Crippen LogP contribution < -0.4 is 5.73 Å². The molecule has 1 aromatic carbocycles. The molecule has 19 heavy (non-hydrogen) atoms. The first-order valence-electron chi connectivity index (χ1n) is 7.81. The first-order chi connectivity index (χ1) is 9.33. The van der Waals surface area contributed by atoms with E-state index in [9.17, 15) is 0 Å². The van der Waals surface area contributed by atoms with Crippen LogP contribution in [0.1, 0.15) is 55.2 Å². The van der Waals surface area contributed by atoms with Crippen molar-refractivity contribution < 1.29 is 4.74 Å². The van der Waals surface area contributed by atoms with Crippen LogP contribution in [-0.2, 0) is 24.2 Å². The maximum absolute atomic E-state index is 6.21. The van der Waals surface area contributed by atoms with Gasteiger partial charge in [0, 0.05) is 6.04 Å². The fourth-order valence-corrected chi connectivity index (χ4v) is 3.43. The summed E-state index contributed by atoms with van der Waals surface area (Å²) in [5, 5.41) is 0. The molecule has 0 amide bonds. The summed E-state index contributed by atoms with van der Waals surface area (Å²) in [5.41, 5.74) is 10.6. The summed E-state index contributed by atoms with van der Waals surface area (Å²) in [6.07, 6.45) is 10.2. The van der Waals surface area contributed by atoms with Crippen LogP contribution in [0, 0.1) is 0 Å². The van der Waals surface area contributed by atoms with Crippen molar-refractivity contribution in [1.82, 2.24) is 0 Å². The molecular weight excluding hydrogens is 234 g/mol. The van der Waals surface area contributed by atoms with Crippen LogP contribution in [0.3, 0.4) is 0 Å². The highest BCUT2D eigenvalue weighted by atomic mass is 16.5. The Balaban J connectivity index is 1.59. The third-order valence-electron chi connectivity index (χ3n) is 4.63. The number of hydrogen-bond donors (Lipinski definition) is 1. The van der Waals surface area contributed by atoms with Crippen LogP contribution in [0.4, 0.5) is 0 Å². The zero-order valence-corrected chi connectivity index (χ0v) is 11.7. The van der Waals surface area contributed by atoms with Crippen LogP contribution in [0.2, 0.25) is 0 Å². The van der Waals surface area contributed by atoms with Gasteiger partial charge in [-0.05, 0) is 48.8 Å². The number of rotatable bonds is 3. The summed E-state index contributed by atoms with van der Waals surface area (Å²) < 4.78 is 6.10. The van der Waals surface area contributed by atoms with E-state index in [-0.39, 0.29) is 12.1 Å². The van der Waals surface area contributed by atoms with Gasteiger partial charge in [-0.2, -0.15) is 0 Å². The summed E-state index contributed by atoms with van der Waals surface area (Å²) in [6.45, 7) is 0.728. The zero-order valence-electron chi connectivity index (χ0n) is 11.7. The number of aryl methyl sites for hydroxylation is 2. The van der Waals surface area contributed by atoms with E-state index in [1.54, 1.807) is 0 Å². The average molecular weight is 259 g/mol. The topological polar surface area (TPSA) is 35.2 Å². The van der Waals surface area contributed by atoms with Gasteiger partial charge in [-0.15, -0.1) is 0 Å². The van der Waals surface area contributed by atoms with E-state index in [2.05, 4.69) is 18.2 Å². The van der Waals surface area contributed by atoms with Gasteiger partial charge in [0.25, 0.3) is 0 Å². The molecule has 1 saturated carbocycles. The van der Waals surface area contributed by atoms with Gasteiger partial charge in [0.1, 0.15) is 0 Å². The van der Waals surface area contributed by atoms with E-state index < -0.39 is 0 Å². The van der Waals surface area contributed by atoms with E-state index in [4.69, 9.17) is 10.5 Å². The van der Waals surface area contributed by atoms with Gasteiger partial charge in [-0.25, -0.2) is 0 Å². The zero-order chi connectivity index (χ0) is 13.1. The maximum Gasteiger partial charge on any atom is 0.0730 e. The van der Waals surface area contributed by atoms with Crippen LogP contribution in [0.5, 0.6) is 0 Å². The molecular formula is C17H25NO. The molecule has 2 unspecified atom stereocenters. The second-order valence-electron chi connectivity index (χ2n) is 6.11. The lowest BCUT2D eigenvalue weighted by Crippen LogP contribution is -2.35. The Morgan fingerprint density at radius 2 is 1.84 bits per heavy atom. The Hall–Kier alpha value is -0.860. The molecule has 0 aromatic heterocycles. The summed E-state index contributed by atoms with van der Waals surface area (Å²) in [7, 11) is 0. The van der Waals surface area contributed by atoms with Gasteiger partial charge < -0.3 is 10.5 Å². The molecule has 2 aliphatic carbocycles. The molecule has 0 heterocycles. The first kappa shape index (κ1) is 13.1. The highest BCUT2D eigenvalue weighted by Gasteiger charge is 2.21. The van der Waals surface area contributed by atoms with Gasteiger partial charge in [0.2, 0.25) is 0 Å². The minimum atomic E-state index is 0.233. The van der Waals surface area contributed by atoms with Gasteiger partial charge in [-0.1, -0.05) is 37.5 Å². The van der Waals surface area contributed by atoms with E-state index in [1.165, 1.54) is 55.2 Å². The van der Waals surface area contributed by atoms with E-state index in [1.807, 2.05) is 0 Å². The molecule has 1 fully saturated rings. The minimum Gasteiger partial charge on any atom is -0.372 e. The summed E-state index contributed by atoms with van der Waals surface area (Å²) in [4.78, 5) is 0. The average Bonchev–Trinajstić information content (AvgIpc) is 2.79. The first-order valence-corrected chi connectivity index (χ1v) is 7.81. The lowest BCUT2D eigenvalue weighted by atomic mass is 10.1. The van der Waals surface area contributed by atoms with Crippen molar-refractivity contribution in [2.75, 3.05) is 0 Å². The van der Waals surface area contributed by atoms with E-state index >= 15 is 0 Å². The van der Waals surface area contributed by atoms with Crippen molar-refractivity contribution in [3.63, 3.8) is 0 Å². The van der Waals surface area contributed by atoms with Crippen molar-refractivity contribution in [2.45, 2.75) is 70.1 Å². The molecule has 2 heteroatoms. The second-order valence-corrected chi connectivity index (χ2v) is 6.11. The second kappa shape index (κ2) is 6.06. The summed E-state index contributed by atoms with van der Waals surface area (Å²) in [5.74, 6) is 0. The number of benzene rings is 1. The highest BCUT2D eigenvalue weighted by Crippen LogP contribution is 2.24. The molecule has 3 rings (SSSR count).